The predicted octanol–water partition coefficient (Wildman–Crippen LogP) is 2.20. The maximum atomic E-state index is 12.9. The molecule has 1 aliphatic heterocycles. The van der Waals surface area contributed by atoms with Crippen molar-refractivity contribution >= 4 is 27.5 Å². The van der Waals surface area contributed by atoms with E-state index in [2.05, 4.69) is 5.32 Å². The number of sulfonamides is 1. The minimum atomic E-state index is -3.61. The minimum Gasteiger partial charge on any atom is -0.497 e. The second-order valence-electron chi connectivity index (χ2n) is 7.94. The van der Waals surface area contributed by atoms with E-state index in [1.807, 2.05) is 0 Å². The highest BCUT2D eigenvalue weighted by Gasteiger charge is 2.32. The number of hydrogen-bond donors (Lipinski definition) is 1. The first-order valence-corrected chi connectivity index (χ1v) is 12.0. The van der Waals surface area contributed by atoms with Crippen molar-refractivity contribution in [2.45, 2.75) is 17.7 Å². The molecule has 1 fully saturated rings. The zero-order valence-electron chi connectivity index (χ0n) is 19.0. The number of likely N-dealkylation sites (N-methyl/N-ethyl adjacent to an activating group) is 1. The van der Waals surface area contributed by atoms with Gasteiger partial charge in [0.2, 0.25) is 15.9 Å². The molecule has 33 heavy (non-hydrogen) atoms. The Morgan fingerprint density at radius 3 is 2.12 bits per heavy atom. The van der Waals surface area contributed by atoms with E-state index in [0.717, 1.165) is 0 Å². The van der Waals surface area contributed by atoms with E-state index in [1.165, 1.54) is 28.4 Å². The Balaban J connectivity index is 1.51. The molecule has 0 aliphatic carbocycles. The number of anilines is 1. The number of ether oxygens (including phenoxy) is 2. The average Bonchev–Trinajstić information content (AvgIpc) is 2.83. The summed E-state index contributed by atoms with van der Waals surface area (Å²) < 4.78 is 37.7. The third-order valence-corrected chi connectivity index (χ3v) is 7.42. The molecule has 2 aromatic rings. The summed E-state index contributed by atoms with van der Waals surface area (Å²) in [7, 11) is 1.22. The van der Waals surface area contributed by atoms with Gasteiger partial charge in [0.05, 0.1) is 12.0 Å². The van der Waals surface area contributed by atoms with Crippen LogP contribution in [0.3, 0.4) is 0 Å². The van der Waals surface area contributed by atoms with E-state index in [4.69, 9.17) is 9.47 Å². The summed E-state index contributed by atoms with van der Waals surface area (Å²) in [4.78, 5) is 25.9. The van der Waals surface area contributed by atoms with Gasteiger partial charge in [0.15, 0.2) is 6.61 Å². The summed E-state index contributed by atoms with van der Waals surface area (Å²) in [6.07, 6.45) is 0.879. The van der Waals surface area contributed by atoms with Crippen LogP contribution in [0.25, 0.3) is 0 Å². The maximum Gasteiger partial charge on any atom is 0.259 e. The van der Waals surface area contributed by atoms with E-state index in [0.29, 0.717) is 30.0 Å². The smallest absolute Gasteiger partial charge is 0.259 e. The van der Waals surface area contributed by atoms with Crippen LogP contribution in [0.15, 0.2) is 53.4 Å². The van der Waals surface area contributed by atoms with Crippen molar-refractivity contribution in [3.8, 4) is 11.5 Å². The lowest BCUT2D eigenvalue weighted by molar-refractivity contribution is -0.130. The zero-order chi connectivity index (χ0) is 24.0. The van der Waals surface area contributed by atoms with Gasteiger partial charge in [-0.2, -0.15) is 4.31 Å². The summed E-state index contributed by atoms with van der Waals surface area (Å²) >= 11 is 0. The number of benzene rings is 2. The molecular formula is C23H29N3O6S. The Hall–Kier alpha value is -3.11. The number of nitrogens with zero attached hydrogens (tertiary/aromatic N) is 2. The maximum absolute atomic E-state index is 12.9. The SMILES string of the molecule is COc1ccc(S(=O)(=O)N2CCC(C(=O)Nc3ccc(OCC(=O)N(C)C)cc3)CC2)cc1. The highest BCUT2D eigenvalue weighted by Crippen LogP contribution is 2.26. The van der Waals surface area contributed by atoms with E-state index in [-0.39, 0.29) is 42.3 Å². The van der Waals surface area contributed by atoms with E-state index in [1.54, 1.807) is 50.5 Å². The van der Waals surface area contributed by atoms with Crippen molar-refractivity contribution in [2.24, 2.45) is 5.92 Å². The number of carbonyl (C=O) groups excluding carboxylic acids is 2. The van der Waals surface area contributed by atoms with Crippen molar-refractivity contribution in [3.63, 3.8) is 0 Å². The molecule has 9 nitrogen and oxygen atoms in total. The fourth-order valence-corrected chi connectivity index (χ4v) is 4.88. The lowest BCUT2D eigenvalue weighted by Gasteiger charge is -2.30. The average molecular weight is 476 g/mol. The predicted molar refractivity (Wildman–Crippen MR) is 124 cm³/mol. The van der Waals surface area contributed by atoms with Crippen LogP contribution in [0.5, 0.6) is 11.5 Å². The number of hydrogen-bond acceptors (Lipinski definition) is 6. The van der Waals surface area contributed by atoms with Crippen LogP contribution >= 0.6 is 0 Å². The van der Waals surface area contributed by atoms with Crippen molar-refractivity contribution in [3.05, 3.63) is 48.5 Å². The number of amides is 2. The van der Waals surface area contributed by atoms with Crippen LogP contribution in [-0.2, 0) is 19.6 Å². The van der Waals surface area contributed by atoms with E-state index < -0.39 is 10.0 Å². The topological polar surface area (TPSA) is 105 Å². The molecule has 178 valence electrons. The molecule has 3 rings (SSSR count). The third kappa shape index (κ3) is 6.23. The standard InChI is InChI=1S/C23H29N3O6S/c1-25(2)22(27)16-32-20-6-4-18(5-7-20)24-23(28)17-12-14-26(15-13-17)33(29,30)21-10-8-19(31-3)9-11-21/h4-11,17H,12-16H2,1-3H3,(H,24,28). The molecule has 2 amide bonds. The molecule has 0 spiro atoms. The van der Waals surface area contributed by atoms with Gasteiger partial charge >= 0.3 is 0 Å². The number of carbonyl (C=O) groups is 2. The lowest BCUT2D eigenvalue weighted by Crippen LogP contribution is -2.41. The number of methoxy groups -OCH3 is 1. The first-order chi connectivity index (χ1) is 15.7. The highest BCUT2D eigenvalue weighted by atomic mass is 32.2. The van der Waals surface area contributed by atoms with Gasteiger partial charge in [-0.1, -0.05) is 0 Å². The fraction of sp³-hybridized carbons (Fsp3) is 0.391. The Morgan fingerprint density at radius 1 is 1.00 bits per heavy atom. The largest absolute Gasteiger partial charge is 0.497 e. The molecular weight excluding hydrogens is 446 g/mol. The highest BCUT2D eigenvalue weighted by molar-refractivity contribution is 7.89. The minimum absolute atomic E-state index is 0.0588. The molecule has 1 N–H and O–H groups in total. The number of nitrogens with one attached hydrogen (secondary N) is 1. The second kappa shape index (κ2) is 10.7. The lowest BCUT2D eigenvalue weighted by atomic mass is 9.97. The quantitative estimate of drug-likeness (QED) is 0.628. The molecule has 0 unspecified atom stereocenters. The van der Waals surface area contributed by atoms with Crippen molar-refractivity contribution in [1.82, 2.24) is 9.21 Å². The summed E-state index contributed by atoms with van der Waals surface area (Å²) in [5, 5.41) is 2.87. The van der Waals surface area contributed by atoms with Gasteiger partial charge in [-0.3, -0.25) is 9.59 Å². The Kier molecular flexibility index (Phi) is 7.93. The van der Waals surface area contributed by atoms with Crippen LogP contribution in [0.2, 0.25) is 0 Å². The Labute approximate surface area is 194 Å². The first kappa shape index (κ1) is 24.5. The van der Waals surface area contributed by atoms with Crippen LogP contribution in [-0.4, -0.2) is 70.3 Å². The molecule has 10 heteroatoms. The number of piperidine rings is 1. The summed E-state index contributed by atoms with van der Waals surface area (Å²) in [5.41, 5.74) is 0.611. The molecule has 0 bridgehead atoms. The Bertz CT molecular complexity index is 1060. The molecule has 0 aromatic heterocycles. The summed E-state index contributed by atoms with van der Waals surface area (Å²) in [6, 6.07) is 13.1. The second-order valence-corrected chi connectivity index (χ2v) is 9.88. The first-order valence-electron chi connectivity index (χ1n) is 10.6. The van der Waals surface area contributed by atoms with Crippen LogP contribution < -0.4 is 14.8 Å². The van der Waals surface area contributed by atoms with E-state index in [9.17, 15) is 18.0 Å². The van der Waals surface area contributed by atoms with Gasteiger partial charge in [-0.25, -0.2) is 8.42 Å². The summed E-state index contributed by atoms with van der Waals surface area (Å²) in [6.45, 7) is 0.495. The van der Waals surface area contributed by atoms with Crippen molar-refractivity contribution in [1.29, 1.82) is 0 Å². The molecule has 1 saturated heterocycles. The third-order valence-electron chi connectivity index (χ3n) is 5.50. The monoisotopic (exact) mass is 475 g/mol. The molecule has 1 aliphatic rings. The van der Waals surface area contributed by atoms with E-state index >= 15 is 0 Å². The molecule has 2 aromatic carbocycles. The Morgan fingerprint density at radius 2 is 1.58 bits per heavy atom. The molecule has 0 atom stereocenters. The fourth-order valence-electron chi connectivity index (χ4n) is 3.41. The van der Waals surface area contributed by atoms with Gasteiger partial charge in [-0.15, -0.1) is 0 Å². The van der Waals surface area contributed by atoms with Crippen molar-refractivity contribution < 1.29 is 27.5 Å². The molecule has 0 saturated carbocycles. The van der Waals surface area contributed by atoms with Gasteiger partial charge in [0.25, 0.3) is 5.91 Å². The van der Waals surface area contributed by atoms with Crippen LogP contribution in [0, 0.1) is 5.92 Å². The van der Waals surface area contributed by atoms with Crippen LogP contribution in [0.1, 0.15) is 12.8 Å². The van der Waals surface area contributed by atoms with Crippen molar-refractivity contribution in [2.75, 3.05) is 46.2 Å². The van der Waals surface area contributed by atoms with Gasteiger partial charge in [0.1, 0.15) is 11.5 Å². The van der Waals surface area contributed by atoms with Gasteiger partial charge in [0, 0.05) is 38.8 Å². The molecule has 1 heterocycles. The molecule has 0 radical (unpaired) electrons. The zero-order valence-corrected chi connectivity index (χ0v) is 19.8. The van der Waals surface area contributed by atoms with Gasteiger partial charge < -0.3 is 19.7 Å². The van der Waals surface area contributed by atoms with Gasteiger partial charge in [-0.05, 0) is 61.4 Å². The normalized spacial score (nSPS) is 15.0. The summed E-state index contributed by atoms with van der Waals surface area (Å²) in [5.74, 6) is 0.549. The number of rotatable bonds is 8. The van der Waals surface area contributed by atoms with Crippen LogP contribution in [0.4, 0.5) is 5.69 Å².